The number of benzene rings is 2. The van der Waals surface area contributed by atoms with Crippen LogP contribution in [0.15, 0.2) is 60.7 Å². The first kappa shape index (κ1) is 17.2. The molecule has 4 nitrogen and oxygen atoms in total. The van der Waals surface area contributed by atoms with E-state index in [1.165, 1.54) is 11.3 Å². The van der Waals surface area contributed by atoms with Crippen molar-refractivity contribution in [1.82, 2.24) is 10.2 Å². The van der Waals surface area contributed by atoms with Crippen LogP contribution < -0.4 is 5.32 Å². The smallest absolute Gasteiger partial charge is 0.261 e. The highest BCUT2D eigenvalue weighted by Gasteiger charge is 2.15. The van der Waals surface area contributed by atoms with Crippen LogP contribution in [0.25, 0.3) is 10.1 Å². The first-order valence-corrected chi connectivity index (χ1v) is 9.07. The summed E-state index contributed by atoms with van der Waals surface area (Å²) in [7, 11) is 0. The minimum atomic E-state index is -0.203. The molecule has 0 aliphatic rings. The van der Waals surface area contributed by atoms with Crippen molar-refractivity contribution in [2.75, 3.05) is 13.1 Å². The number of likely N-dealkylation sites (N-methyl/N-ethyl adjacent to an activating group) is 1. The van der Waals surface area contributed by atoms with Gasteiger partial charge in [-0.1, -0.05) is 48.5 Å². The summed E-state index contributed by atoms with van der Waals surface area (Å²) in [6.45, 7) is 3.10. The Morgan fingerprint density at radius 1 is 1.04 bits per heavy atom. The van der Waals surface area contributed by atoms with Crippen LogP contribution in [0.1, 0.15) is 22.2 Å². The summed E-state index contributed by atoms with van der Waals surface area (Å²) >= 11 is 1.44. The number of carbonyl (C=O) groups is 2. The average molecular weight is 352 g/mol. The second kappa shape index (κ2) is 7.94. The maximum atomic E-state index is 12.4. The maximum absolute atomic E-state index is 12.4. The number of fused-ring (bicyclic) bond motifs is 1. The lowest BCUT2D eigenvalue weighted by Gasteiger charge is -2.21. The Hall–Kier alpha value is -2.66. The van der Waals surface area contributed by atoms with Crippen molar-refractivity contribution >= 4 is 33.2 Å². The van der Waals surface area contributed by atoms with E-state index in [9.17, 15) is 9.59 Å². The monoisotopic (exact) mass is 352 g/mol. The molecule has 1 aromatic heterocycles. The molecule has 0 aliphatic carbocycles. The zero-order valence-corrected chi connectivity index (χ0v) is 14.9. The van der Waals surface area contributed by atoms with Gasteiger partial charge in [0.15, 0.2) is 0 Å². The number of rotatable bonds is 6. The Morgan fingerprint density at radius 2 is 1.76 bits per heavy atom. The molecule has 2 amide bonds. The van der Waals surface area contributed by atoms with Gasteiger partial charge in [0, 0.05) is 17.8 Å². The van der Waals surface area contributed by atoms with Crippen molar-refractivity contribution in [2.24, 2.45) is 0 Å². The fourth-order valence-corrected chi connectivity index (χ4v) is 3.61. The summed E-state index contributed by atoms with van der Waals surface area (Å²) in [5.41, 5.74) is 1.08. The van der Waals surface area contributed by atoms with Gasteiger partial charge in [-0.3, -0.25) is 9.59 Å². The minimum Gasteiger partial charge on any atom is -0.342 e. The molecule has 3 aromatic rings. The number of hydrogen-bond acceptors (Lipinski definition) is 3. The molecule has 2 aromatic carbocycles. The molecule has 1 heterocycles. The topological polar surface area (TPSA) is 49.4 Å². The second-order valence-corrected chi connectivity index (χ2v) is 6.81. The van der Waals surface area contributed by atoms with E-state index < -0.39 is 0 Å². The molecule has 0 unspecified atom stereocenters. The third kappa shape index (κ3) is 4.25. The molecule has 0 aliphatic heterocycles. The third-order valence-electron chi connectivity index (χ3n) is 4.00. The molecule has 25 heavy (non-hydrogen) atoms. The summed E-state index contributed by atoms with van der Waals surface area (Å²) in [5.74, 6) is -0.286. The van der Waals surface area contributed by atoms with Crippen molar-refractivity contribution < 1.29 is 9.59 Å². The average Bonchev–Trinajstić information content (AvgIpc) is 3.09. The zero-order valence-electron chi connectivity index (χ0n) is 14.1. The summed E-state index contributed by atoms with van der Waals surface area (Å²) < 4.78 is 1.07. The number of nitrogens with one attached hydrogen (secondary N) is 1. The molecule has 0 fully saturated rings. The first-order chi connectivity index (χ1) is 12.2. The third-order valence-corrected chi connectivity index (χ3v) is 5.12. The van der Waals surface area contributed by atoms with Gasteiger partial charge in [-0.25, -0.2) is 0 Å². The zero-order chi connectivity index (χ0) is 17.6. The molecule has 0 radical (unpaired) electrons. The Bertz CT molecular complexity index is 841. The first-order valence-electron chi connectivity index (χ1n) is 8.26. The van der Waals surface area contributed by atoms with Crippen LogP contribution in [0, 0.1) is 0 Å². The lowest BCUT2D eigenvalue weighted by atomic mass is 10.2. The Labute approximate surface area is 151 Å². The van der Waals surface area contributed by atoms with Crippen molar-refractivity contribution in [2.45, 2.75) is 13.5 Å². The second-order valence-electron chi connectivity index (χ2n) is 5.72. The summed E-state index contributed by atoms with van der Waals surface area (Å²) in [5, 5.41) is 3.79. The van der Waals surface area contributed by atoms with Crippen molar-refractivity contribution in [3.8, 4) is 0 Å². The molecule has 5 heteroatoms. The summed E-state index contributed by atoms with van der Waals surface area (Å²) in [6, 6.07) is 19.6. The molecule has 0 bridgehead atoms. The van der Waals surface area contributed by atoms with Crippen molar-refractivity contribution in [1.29, 1.82) is 0 Å². The molecule has 0 atom stereocenters. The summed E-state index contributed by atoms with van der Waals surface area (Å²) in [4.78, 5) is 27.1. The van der Waals surface area contributed by atoms with Crippen molar-refractivity contribution in [3.63, 3.8) is 0 Å². The Kier molecular flexibility index (Phi) is 5.46. The van der Waals surface area contributed by atoms with Gasteiger partial charge >= 0.3 is 0 Å². The lowest BCUT2D eigenvalue weighted by Crippen LogP contribution is -2.39. The van der Waals surface area contributed by atoms with Crippen LogP contribution >= 0.6 is 11.3 Å². The molecule has 0 saturated heterocycles. The number of nitrogens with zero attached hydrogens (tertiary/aromatic N) is 1. The van der Waals surface area contributed by atoms with E-state index in [1.54, 1.807) is 4.90 Å². The predicted octanol–water partition coefficient (Wildman–Crippen LogP) is 3.68. The van der Waals surface area contributed by atoms with Gasteiger partial charge in [0.25, 0.3) is 5.91 Å². The number of thiophene rings is 1. The summed E-state index contributed by atoms with van der Waals surface area (Å²) in [6.07, 6.45) is 0. The SMILES string of the molecule is CCN(Cc1ccccc1)C(=O)CNC(=O)c1cc2ccccc2s1. The maximum Gasteiger partial charge on any atom is 0.261 e. The Balaban J connectivity index is 1.59. The standard InChI is InChI=1S/C20H20N2O2S/c1-2-22(14-15-8-4-3-5-9-15)19(23)13-21-20(24)18-12-16-10-6-7-11-17(16)25-18/h3-12H,2,13-14H2,1H3,(H,21,24). The van der Waals surface area contributed by atoms with Gasteiger partial charge in [0.05, 0.1) is 11.4 Å². The van der Waals surface area contributed by atoms with E-state index in [0.717, 1.165) is 15.6 Å². The number of amides is 2. The highest BCUT2D eigenvalue weighted by atomic mass is 32.1. The molecule has 0 saturated carbocycles. The van der Waals surface area contributed by atoms with Gasteiger partial charge in [0.1, 0.15) is 0 Å². The fraction of sp³-hybridized carbons (Fsp3) is 0.200. The molecular weight excluding hydrogens is 332 g/mol. The molecule has 128 valence electrons. The minimum absolute atomic E-state index is 0.00769. The van der Waals surface area contributed by atoms with E-state index in [2.05, 4.69) is 5.32 Å². The van der Waals surface area contributed by atoms with E-state index in [4.69, 9.17) is 0 Å². The van der Waals surface area contributed by atoms with Gasteiger partial charge in [0.2, 0.25) is 5.91 Å². The predicted molar refractivity (Wildman–Crippen MR) is 102 cm³/mol. The van der Waals surface area contributed by atoms with Gasteiger partial charge in [-0.2, -0.15) is 0 Å². The molecule has 3 rings (SSSR count). The highest BCUT2D eigenvalue weighted by Crippen LogP contribution is 2.24. The van der Waals surface area contributed by atoms with E-state index in [-0.39, 0.29) is 18.4 Å². The molecule has 0 spiro atoms. The normalized spacial score (nSPS) is 10.6. The van der Waals surface area contributed by atoms with E-state index in [0.29, 0.717) is 18.0 Å². The largest absolute Gasteiger partial charge is 0.342 e. The van der Waals surface area contributed by atoms with Crippen LogP contribution in [0.2, 0.25) is 0 Å². The Morgan fingerprint density at radius 3 is 2.48 bits per heavy atom. The van der Waals surface area contributed by atoms with Crippen LogP contribution in [0.4, 0.5) is 0 Å². The van der Waals surface area contributed by atoms with Crippen LogP contribution in [0.5, 0.6) is 0 Å². The lowest BCUT2D eigenvalue weighted by molar-refractivity contribution is -0.130. The fourth-order valence-electron chi connectivity index (χ4n) is 2.63. The van der Waals surface area contributed by atoms with E-state index in [1.807, 2.05) is 67.6 Å². The van der Waals surface area contributed by atoms with Crippen LogP contribution in [-0.4, -0.2) is 29.8 Å². The van der Waals surface area contributed by atoms with Gasteiger partial charge < -0.3 is 10.2 Å². The highest BCUT2D eigenvalue weighted by molar-refractivity contribution is 7.20. The number of carbonyl (C=O) groups excluding carboxylic acids is 2. The number of hydrogen-bond donors (Lipinski definition) is 1. The van der Waals surface area contributed by atoms with E-state index >= 15 is 0 Å². The van der Waals surface area contributed by atoms with Crippen molar-refractivity contribution in [3.05, 3.63) is 71.1 Å². The van der Waals surface area contributed by atoms with Gasteiger partial charge in [-0.05, 0) is 30.0 Å². The van der Waals surface area contributed by atoms with Gasteiger partial charge in [-0.15, -0.1) is 11.3 Å². The van der Waals surface area contributed by atoms with Crippen LogP contribution in [-0.2, 0) is 11.3 Å². The molecular formula is C20H20N2O2S. The molecule has 1 N–H and O–H groups in total. The van der Waals surface area contributed by atoms with Crippen LogP contribution in [0.3, 0.4) is 0 Å². The quantitative estimate of drug-likeness (QED) is 0.736.